The summed E-state index contributed by atoms with van der Waals surface area (Å²) in [5, 5.41) is 2.90. The van der Waals surface area contributed by atoms with Crippen LogP contribution in [0.1, 0.15) is 33.3 Å². The molecule has 0 aliphatic rings. The highest BCUT2D eigenvalue weighted by Gasteiger charge is 2.21. The van der Waals surface area contributed by atoms with Gasteiger partial charge in [0.2, 0.25) is 5.91 Å². The topological polar surface area (TPSA) is 81.4 Å². The van der Waals surface area contributed by atoms with Gasteiger partial charge in [-0.2, -0.15) is 0 Å². The smallest absolute Gasteiger partial charge is 0.258 e. The third-order valence-corrected chi connectivity index (χ3v) is 3.35. The molecule has 0 spiro atoms. The molecule has 0 saturated heterocycles. The van der Waals surface area contributed by atoms with Crippen molar-refractivity contribution in [2.45, 2.75) is 40.2 Å². The lowest BCUT2D eigenvalue weighted by molar-refractivity contribution is -0.124. The van der Waals surface area contributed by atoms with Crippen LogP contribution in [0, 0.1) is 5.41 Å². The Labute approximate surface area is 125 Å². The summed E-state index contributed by atoms with van der Waals surface area (Å²) in [6, 6.07) is 7.02. The molecule has 2 amide bonds. The van der Waals surface area contributed by atoms with Gasteiger partial charge in [-0.3, -0.25) is 9.59 Å². The van der Waals surface area contributed by atoms with Crippen LogP contribution < -0.4 is 15.8 Å². The quantitative estimate of drug-likeness (QED) is 0.836. The molecule has 0 aliphatic heterocycles. The Morgan fingerprint density at radius 2 is 1.81 bits per heavy atom. The fourth-order valence-corrected chi connectivity index (χ4v) is 1.55. The van der Waals surface area contributed by atoms with Gasteiger partial charge >= 0.3 is 0 Å². The molecule has 0 saturated carbocycles. The van der Waals surface area contributed by atoms with E-state index in [9.17, 15) is 9.59 Å². The van der Waals surface area contributed by atoms with Gasteiger partial charge in [0, 0.05) is 6.04 Å². The van der Waals surface area contributed by atoms with Gasteiger partial charge in [0.15, 0.2) is 6.61 Å². The van der Waals surface area contributed by atoms with Crippen molar-refractivity contribution in [2.24, 2.45) is 11.1 Å². The van der Waals surface area contributed by atoms with E-state index >= 15 is 0 Å². The number of nitrogens with two attached hydrogens (primary N) is 1. The van der Waals surface area contributed by atoms with Crippen LogP contribution in [-0.4, -0.2) is 24.5 Å². The number of hydrogen-bond donors (Lipinski definition) is 2. The molecule has 0 fully saturated rings. The van der Waals surface area contributed by atoms with Gasteiger partial charge in [0.1, 0.15) is 5.75 Å². The van der Waals surface area contributed by atoms with Crippen LogP contribution in [0.3, 0.4) is 0 Å². The summed E-state index contributed by atoms with van der Waals surface area (Å²) in [7, 11) is 0. The number of benzene rings is 1. The van der Waals surface area contributed by atoms with E-state index in [2.05, 4.69) is 26.1 Å². The van der Waals surface area contributed by atoms with Crippen LogP contribution in [0.15, 0.2) is 24.3 Å². The second-order valence-electron chi connectivity index (χ2n) is 6.23. The first kappa shape index (κ1) is 17.0. The van der Waals surface area contributed by atoms with Crippen molar-refractivity contribution < 1.29 is 14.3 Å². The number of carbonyl (C=O) groups excluding carboxylic acids is 2. The van der Waals surface area contributed by atoms with Crippen LogP contribution >= 0.6 is 0 Å². The predicted octanol–water partition coefficient (Wildman–Crippen LogP) is 1.64. The maximum absolute atomic E-state index is 11.8. The van der Waals surface area contributed by atoms with E-state index < -0.39 is 0 Å². The third-order valence-electron chi connectivity index (χ3n) is 3.35. The molecule has 1 rings (SSSR count). The summed E-state index contributed by atoms with van der Waals surface area (Å²) in [5.74, 6) is 0.0552. The molecule has 0 radical (unpaired) electrons. The lowest BCUT2D eigenvalue weighted by Gasteiger charge is -2.28. The molecule has 0 heterocycles. The summed E-state index contributed by atoms with van der Waals surface area (Å²) in [6.07, 6.45) is 0.198. The van der Waals surface area contributed by atoms with Crippen LogP contribution in [0.5, 0.6) is 5.75 Å². The Hall–Kier alpha value is -2.04. The molecule has 0 bridgehead atoms. The Balaban J connectivity index is 2.44. The average molecular weight is 292 g/mol. The van der Waals surface area contributed by atoms with E-state index in [1.165, 1.54) is 0 Å². The minimum absolute atomic E-state index is 0.00602. The number of primary amides is 1. The molecular weight excluding hydrogens is 268 g/mol. The molecule has 5 nitrogen and oxygen atoms in total. The van der Waals surface area contributed by atoms with Crippen molar-refractivity contribution in [1.29, 1.82) is 0 Å². The lowest BCUT2D eigenvalue weighted by Crippen LogP contribution is -2.43. The SMILES string of the molecule is CC(NC(=O)COc1ccc(CC(N)=O)cc1)C(C)(C)C. The maximum atomic E-state index is 11.8. The van der Waals surface area contributed by atoms with Crippen molar-refractivity contribution in [3.05, 3.63) is 29.8 Å². The molecule has 5 heteroatoms. The van der Waals surface area contributed by atoms with E-state index in [0.29, 0.717) is 5.75 Å². The Bertz CT molecular complexity index is 489. The second-order valence-corrected chi connectivity index (χ2v) is 6.23. The zero-order valence-electron chi connectivity index (χ0n) is 13.1. The zero-order chi connectivity index (χ0) is 16.0. The molecule has 0 aliphatic carbocycles. The number of ether oxygens (including phenoxy) is 1. The van der Waals surface area contributed by atoms with Gasteiger partial charge in [0.05, 0.1) is 6.42 Å². The lowest BCUT2D eigenvalue weighted by atomic mass is 9.88. The molecule has 116 valence electrons. The number of carbonyl (C=O) groups is 2. The summed E-state index contributed by atoms with van der Waals surface area (Å²) in [5.41, 5.74) is 5.95. The Kier molecular flexibility index (Phi) is 5.76. The number of nitrogens with one attached hydrogen (secondary N) is 1. The Morgan fingerprint density at radius 1 is 1.24 bits per heavy atom. The molecule has 1 aromatic carbocycles. The predicted molar refractivity (Wildman–Crippen MR) is 81.9 cm³/mol. The molecule has 3 N–H and O–H groups in total. The molecule has 0 aromatic heterocycles. The fourth-order valence-electron chi connectivity index (χ4n) is 1.55. The van der Waals surface area contributed by atoms with Crippen LogP contribution in [0.2, 0.25) is 0 Å². The van der Waals surface area contributed by atoms with Crippen LogP contribution in [0.4, 0.5) is 0 Å². The highest BCUT2D eigenvalue weighted by atomic mass is 16.5. The molecular formula is C16H24N2O3. The molecule has 1 atom stereocenters. The van der Waals surface area contributed by atoms with Crippen molar-refractivity contribution >= 4 is 11.8 Å². The maximum Gasteiger partial charge on any atom is 0.258 e. The Morgan fingerprint density at radius 3 is 2.29 bits per heavy atom. The largest absolute Gasteiger partial charge is 0.484 e. The average Bonchev–Trinajstić information content (AvgIpc) is 2.36. The fraction of sp³-hybridized carbons (Fsp3) is 0.500. The van der Waals surface area contributed by atoms with Gasteiger partial charge in [-0.1, -0.05) is 32.9 Å². The summed E-state index contributed by atoms with van der Waals surface area (Å²) < 4.78 is 5.41. The minimum Gasteiger partial charge on any atom is -0.484 e. The minimum atomic E-state index is -0.376. The van der Waals surface area contributed by atoms with Crippen molar-refractivity contribution in [3.63, 3.8) is 0 Å². The van der Waals surface area contributed by atoms with E-state index in [-0.39, 0.29) is 36.3 Å². The van der Waals surface area contributed by atoms with Crippen molar-refractivity contribution in [2.75, 3.05) is 6.61 Å². The first-order chi connectivity index (χ1) is 9.68. The summed E-state index contributed by atoms with van der Waals surface area (Å²) in [4.78, 5) is 22.6. The van der Waals surface area contributed by atoms with Gasteiger partial charge in [-0.15, -0.1) is 0 Å². The van der Waals surface area contributed by atoms with E-state index in [1.807, 2.05) is 6.92 Å². The zero-order valence-corrected chi connectivity index (χ0v) is 13.1. The van der Waals surface area contributed by atoms with Crippen LogP contribution in [0.25, 0.3) is 0 Å². The van der Waals surface area contributed by atoms with Gasteiger partial charge < -0.3 is 15.8 Å². The summed E-state index contributed by atoms with van der Waals surface area (Å²) in [6.45, 7) is 8.13. The van der Waals surface area contributed by atoms with Gasteiger partial charge in [-0.05, 0) is 30.0 Å². The number of rotatable bonds is 6. The van der Waals surface area contributed by atoms with E-state index in [4.69, 9.17) is 10.5 Å². The van der Waals surface area contributed by atoms with E-state index in [0.717, 1.165) is 5.56 Å². The van der Waals surface area contributed by atoms with Crippen LogP contribution in [-0.2, 0) is 16.0 Å². The molecule has 1 unspecified atom stereocenters. The first-order valence-electron chi connectivity index (χ1n) is 6.98. The van der Waals surface area contributed by atoms with Crippen molar-refractivity contribution in [3.8, 4) is 5.75 Å². The number of hydrogen-bond acceptors (Lipinski definition) is 3. The highest BCUT2D eigenvalue weighted by Crippen LogP contribution is 2.18. The standard InChI is InChI=1S/C16H24N2O3/c1-11(16(2,3)4)18-15(20)10-21-13-7-5-12(6-8-13)9-14(17)19/h5-8,11H,9-10H2,1-4H3,(H2,17,19)(H,18,20). The van der Waals surface area contributed by atoms with Crippen molar-refractivity contribution in [1.82, 2.24) is 5.32 Å². The third kappa shape index (κ3) is 6.29. The highest BCUT2D eigenvalue weighted by molar-refractivity contribution is 5.78. The second kappa shape index (κ2) is 7.11. The van der Waals surface area contributed by atoms with Gasteiger partial charge in [-0.25, -0.2) is 0 Å². The summed E-state index contributed by atoms with van der Waals surface area (Å²) >= 11 is 0. The monoisotopic (exact) mass is 292 g/mol. The molecule has 1 aromatic rings. The normalized spacial score (nSPS) is 12.6. The number of amides is 2. The van der Waals surface area contributed by atoms with E-state index in [1.54, 1.807) is 24.3 Å². The molecule has 21 heavy (non-hydrogen) atoms. The first-order valence-corrected chi connectivity index (χ1v) is 6.98. The van der Waals surface area contributed by atoms with Gasteiger partial charge in [0.25, 0.3) is 5.91 Å².